The van der Waals surface area contributed by atoms with E-state index in [1.54, 1.807) is 19.9 Å². The second-order valence-electron chi connectivity index (χ2n) is 4.58. The Morgan fingerprint density at radius 1 is 1.47 bits per heavy atom. The van der Waals surface area contributed by atoms with E-state index in [1.807, 2.05) is 11.4 Å². The van der Waals surface area contributed by atoms with Crippen LogP contribution in [0.3, 0.4) is 0 Å². The van der Waals surface area contributed by atoms with Crippen LogP contribution in [-0.2, 0) is 4.79 Å². The molecule has 1 heterocycles. The molecule has 6 heteroatoms. The predicted molar refractivity (Wildman–Crippen MR) is 70.8 cm³/mol. The lowest BCUT2D eigenvalue weighted by Crippen LogP contribution is -2.40. The molecule has 0 atom stereocenters. The zero-order chi connectivity index (χ0) is 14.5. The van der Waals surface area contributed by atoms with Gasteiger partial charge in [-0.05, 0) is 23.4 Å². The van der Waals surface area contributed by atoms with E-state index in [1.165, 1.54) is 23.5 Å². The summed E-state index contributed by atoms with van der Waals surface area (Å²) in [4.78, 5) is 13.5. The number of rotatable bonds is 5. The number of hydrogen-bond donors (Lipinski definition) is 0. The number of halogens is 3. The van der Waals surface area contributed by atoms with E-state index < -0.39 is 18.6 Å². The van der Waals surface area contributed by atoms with Crippen LogP contribution in [0.5, 0.6) is 0 Å². The Balaban J connectivity index is 2.71. The first-order chi connectivity index (χ1) is 8.78. The van der Waals surface area contributed by atoms with Gasteiger partial charge in [-0.25, -0.2) is 0 Å². The van der Waals surface area contributed by atoms with Crippen molar-refractivity contribution in [3.8, 4) is 0 Å². The number of thiophene rings is 1. The second kappa shape index (κ2) is 6.75. The summed E-state index contributed by atoms with van der Waals surface area (Å²) in [6.45, 7) is 2.44. The highest BCUT2D eigenvalue weighted by molar-refractivity contribution is 7.10. The van der Waals surface area contributed by atoms with Gasteiger partial charge in [0.2, 0.25) is 5.91 Å². The highest BCUT2D eigenvalue weighted by atomic mass is 32.1. The van der Waals surface area contributed by atoms with Gasteiger partial charge in [0.1, 0.15) is 6.54 Å². The van der Waals surface area contributed by atoms with E-state index >= 15 is 0 Å². The van der Waals surface area contributed by atoms with Crippen molar-refractivity contribution >= 4 is 23.3 Å². The van der Waals surface area contributed by atoms with E-state index in [9.17, 15) is 18.0 Å². The van der Waals surface area contributed by atoms with Crippen LogP contribution < -0.4 is 0 Å². The first-order valence-corrected chi connectivity index (χ1v) is 6.73. The van der Waals surface area contributed by atoms with Crippen molar-refractivity contribution in [1.29, 1.82) is 0 Å². The van der Waals surface area contributed by atoms with Crippen molar-refractivity contribution in [3.05, 3.63) is 28.5 Å². The monoisotopic (exact) mass is 291 g/mol. The van der Waals surface area contributed by atoms with Gasteiger partial charge in [-0.15, -0.1) is 11.3 Å². The molecule has 0 aliphatic rings. The van der Waals surface area contributed by atoms with Gasteiger partial charge in [0.05, 0.1) is 0 Å². The summed E-state index contributed by atoms with van der Waals surface area (Å²) in [6.07, 6.45) is -1.64. The highest BCUT2D eigenvalue weighted by Crippen LogP contribution is 2.18. The zero-order valence-corrected chi connectivity index (χ0v) is 11.6. The number of hydrogen-bond acceptors (Lipinski definition) is 2. The molecular weight excluding hydrogens is 275 g/mol. The minimum Gasteiger partial charge on any atom is -0.330 e. The van der Waals surface area contributed by atoms with Gasteiger partial charge in [-0.2, -0.15) is 13.2 Å². The molecule has 0 unspecified atom stereocenters. The Morgan fingerprint density at radius 3 is 2.63 bits per heavy atom. The van der Waals surface area contributed by atoms with Crippen molar-refractivity contribution in [1.82, 2.24) is 4.90 Å². The van der Waals surface area contributed by atoms with Crippen molar-refractivity contribution in [2.75, 3.05) is 13.1 Å². The molecule has 19 heavy (non-hydrogen) atoms. The van der Waals surface area contributed by atoms with Crippen LogP contribution in [0.2, 0.25) is 0 Å². The molecule has 0 bridgehead atoms. The van der Waals surface area contributed by atoms with Crippen molar-refractivity contribution in [2.24, 2.45) is 5.92 Å². The largest absolute Gasteiger partial charge is 0.406 e. The molecule has 0 fully saturated rings. The minimum atomic E-state index is -4.37. The molecule has 0 radical (unpaired) electrons. The number of nitrogens with zero attached hydrogens (tertiary/aromatic N) is 1. The van der Waals surface area contributed by atoms with Gasteiger partial charge in [0.15, 0.2) is 0 Å². The third-order valence-corrected chi connectivity index (χ3v) is 3.04. The average Bonchev–Trinajstić information content (AvgIpc) is 2.75. The molecule has 0 N–H and O–H groups in total. The maximum Gasteiger partial charge on any atom is 0.406 e. The summed E-state index contributed by atoms with van der Waals surface area (Å²) in [7, 11) is 0. The summed E-state index contributed by atoms with van der Waals surface area (Å²) in [5.41, 5.74) is 0. The quantitative estimate of drug-likeness (QED) is 0.755. The summed E-state index contributed by atoms with van der Waals surface area (Å²) < 4.78 is 37.2. The number of alkyl halides is 3. The van der Waals surface area contributed by atoms with Crippen LogP contribution in [0, 0.1) is 5.92 Å². The SMILES string of the molecule is CC(C)CN(CC(F)(F)F)C(=O)/C=C/c1cccs1. The van der Waals surface area contributed by atoms with Gasteiger partial charge in [-0.1, -0.05) is 19.9 Å². The maximum atomic E-state index is 12.4. The Bertz CT molecular complexity index is 424. The Labute approximate surface area is 114 Å². The highest BCUT2D eigenvalue weighted by Gasteiger charge is 2.32. The molecule has 0 aliphatic carbocycles. The maximum absolute atomic E-state index is 12.4. The zero-order valence-electron chi connectivity index (χ0n) is 10.8. The van der Waals surface area contributed by atoms with Gasteiger partial charge < -0.3 is 4.90 Å². The molecule has 0 spiro atoms. The summed E-state index contributed by atoms with van der Waals surface area (Å²) in [5.74, 6) is -0.624. The molecular formula is C13H16F3NOS. The second-order valence-corrected chi connectivity index (χ2v) is 5.56. The minimum absolute atomic E-state index is 0.0126. The molecule has 1 aromatic heterocycles. The Hall–Kier alpha value is -1.30. The number of carbonyl (C=O) groups is 1. The fourth-order valence-electron chi connectivity index (χ4n) is 1.53. The summed E-state index contributed by atoms with van der Waals surface area (Å²) in [5, 5.41) is 1.84. The third kappa shape index (κ3) is 6.42. The van der Waals surface area contributed by atoms with Crippen LogP contribution in [0.4, 0.5) is 13.2 Å². The van der Waals surface area contributed by atoms with E-state index in [4.69, 9.17) is 0 Å². The van der Waals surface area contributed by atoms with E-state index in [0.717, 1.165) is 9.78 Å². The summed E-state index contributed by atoms with van der Waals surface area (Å²) in [6, 6.07) is 3.61. The van der Waals surface area contributed by atoms with Crippen LogP contribution in [0.25, 0.3) is 6.08 Å². The first-order valence-electron chi connectivity index (χ1n) is 5.85. The van der Waals surface area contributed by atoms with Gasteiger partial charge in [0.25, 0.3) is 0 Å². The van der Waals surface area contributed by atoms with Crippen LogP contribution in [-0.4, -0.2) is 30.1 Å². The third-order valence-electron chi connectivity index (χ3n) is 2.20. The van der Waals surface area contributed by atoms with Crippen LogP contribution >= 0.6 is 11.3 Å². The molecule has 106 valence electrons. The van der Waals surface area contributed by atoms with Crippen molar-refractivity contribution < 1.29 is 18.0 Å². The van der Waals surface area contributed by atoms with E-state index in [-0.39, 0.29) is 12.5 Å². The number of carbonyl (C=O) groups excluding carboxylic acids is 1. The molecule has 0 saturated carbocycles. The molecule has 0 aliphatic heterocycles. The Kier molecular flexibility index (Phi) is 5.60. The molecule has 2 nitrogen and oxygen atoms in total. The normalized spacial score (nSPS) is 12.3. The van der Waals surface area contributed by atoms with E-state index in [2.05, 4.69) is 0 Å². The lowest BCUT2D eigenvalue weighted by atomic mass is 10.2. The van der Waals surface area contributed by atoms with Crippen molar-refractivity contribution in [3.63, 3.8) is 0 Å². The van der Waals surface area contributed by atoms with Crippen LogP contribution in [0.15, 0.2) is 23.6 Å². The lowest BCUT2D eigenvalue weighted by molar-refractivity contribution is -0.159. The van der Waals surface area contributed by atoms with Crippen molar-refractivity contribution in [2.45, 2.75) is 20.0 Å². The standard InChI is InChI=1S/C13H16F3NOS/c1-10(2)8-17(9-13(14,15)16)12(18)6-5-11-4-3-7-19-11/h3-7,10H,8-9H2,1-2H3/b6-5+. The first kappa shape index (κ1) is 15.8. The molecule has 1 amide bonds. The Morgan fingerprint density at radius 2 is 2.16 bits per heavy atom. The average molecular weight is 291 g/mol. The molecule has 0 saturated heterocycles. The summed E-state index contributed by atoms with van der Waals surface area (Å²) >= 11 is 1.42. The predicted octanol–water partition coefficient (Wildman–Crippen LogP) is 3.81. The number of amides is 1. The lowest BCUT2D eigenvalue weighted by Gasteiger charge is -2.24. The molecule has 1 aromatic rings. The van der Waals surface area contributed by atoms with Crippen LogP contribution in [0.1, 0.15) is 18.7 Å². The van der Waals surface area contributed by atoms with E-state index in [0.29, 0.717) is 0 Å². The topological polar surface area (TPSA) is 20.3 Å². The van der Waals surface area contributed by atoms with Gasteiger partial charge in [0, 0.05) is 17.5 Å². The smallest absolute Gasteiger partial charge is 0.330 e. The van der Waals surface area contributed by atoms with Gasteiger partial charge >= 0.3 is 6.18 Å². The molecule has 0 aromatic carbocycles. The van der Waals surface area contributed by atoms with Gasteiger partial charge in [-0.3, -0.25) is 4.79 Å². The fraction of sp³-hybridized carbons (Fsp3) is 0.462. The fourth-order valence-corrected chi connectivity index (χ4v) is 2.15. The molecule has 1 rings (SSSR count).